The monoisotopic (exact) mass is 655 g/mol. The molecule has 0 bridgehead atoms. The van der Waals surface area contributed by atoms with Crippen molar-refractivity contribution in [3.8, 4) is 28.1 Å². The molecule has 0 atom stereocenters. The first kappa shape index (κ1) is 29.6. The molecule has 0 spiro atoms. The maximum atomic E-state index is 3.92. The van der Waals surface area contributed by atoms with Gasteiger partial charge in [0.05, 0.1) is 27.8 Å². The molecule has 6 aromatic carbocycles. The predicted octanol–water partition coefficient (Wildman–Crippen LogP) is 12.9. The summed E-state index contributed by atoms with van der Waals surface area (Å²) in [5, 5.41) is 6.30. The number of para-hydroxylation sites is 2. The zero-order valence-electron chi connectivity index (χ0n) is 29.0. The first-order valence-corrected chi connectivity index (χ1v) is 17.8. The van der Waals surface area contributed by atoms with Gasteiger partial charge in [-0.1, -0.05) is 118 Å². The van der Waals surface area contributed by atoms with E-state index in [2.05, 4.69) is 181 Å². The molecule has 0 unspecified atom stereocenters. The summed E-state index contributed by atoms with van der Waals surface area (Å²) in [7, 11) is 0. The zero-order chi connectivity index (χ0) is 34.4. The van der Waals surface area contributed by atoms with Gasteiger partial charge in [0.2, 0.25) is 0 Å². The molecule has 3 nitrogen and oxygen atoms in total. The van der Waals surface area contributed by atoms with E-state index in [0.29, 0.717) is 0 Å². The maximum absolute atomic E-state index is 3.92. The number of fused-ring (bicyclic) bond motifs is 12. The third-order valence-corrected chi connectivity index (χ3v) is 11.2. The van der Waals surface area contributed by atoms with Crippen molar-refractivity contribution in [3.63, 3.8) is 0 Å². The van der Waals surface area contributed by atoms with Gasteiger partial charge in [0.1, 0.15) is 0 Å². The molecule has 9 aromatic rings. The lowest BCUT2D eigenvalue weighted by Crippen LogP contribution is -2.14. The highest BCUT2D eigenvalue weighted by molar-refractivity contribution is 6.20. The summed E-state index contributed by atoms with van der Waals surface area (Å²) in [6, 6.07) is 46.9. The highest BCUT2D eigenvalue weighted by atomic mass is 15.0. The van der Waals surface area contributed by atoms with Gasteiger partial charge in [-0.05, 0) is 83.8 Å². The minimum absolute atomic E-state index is 0.149. The van der Waals surface area contributed by atoms with Gasteiger partial charge in [-0.2, -0.15) is 0 Å². The predicted molar refractivity (Wildman–Crippen MR) is 218 cm³/mol. The Morgan fingerprint density at radius 3 is 2.22 bits per heavy atom. The van der Waals surface area contributed by atoms with Crippen LogP contribution in [-0.4, -0.2) is 14.1 Å². The molecule has 10 rings (SSSR count). The Balaban J connectivity index is 1.20. The van der Waals surface area contributed by atoms with Gasteiger partial charge < -0.3 is 14.1 Å². The van der Waals surface area contributed by atoms with E-state index in [9.17, 15) is 0 Å². The largest absolute Gasteiger partial charge is 0.354 e. The van der Waals surface area contributed by atoms with Gasteiger partial charge in [-0.3, -0.25) is 0 Å². The van der Waals surface area contributed by atoms with Crippen LogP contribution in [0, 0.1) is 0 Å². The molecule has 1 aliphatic rings. The van der Waals surface area contributed by atoms with E-state index < -0.39 is 0 Å². The van der Waals surface area contributed by atoms with Gasteiger partial charge >= 0.3 is 0 Å². The van der Waals surface area contributed by atoms with Gasteiger partial charge in [0, 0.05) is 54.8 Å². The number of hydrogen-bond donors (Lipinski definition) is 1. The quantitative estimate of drug-likeness (QED) is 0.179. The van der Waals surface area contributed by atoms with Crippen molar-refractivity contribution >= 4 is 60.2 Å². The van der Waals surface area contributed by atoms with Crippen molar-refractivity contribution in [2.24, 2.45) is 0 Å². The molecule has 0 saturated carbocycles. The van der Waals surface area contributed by atoms with Gasteiger partial charge in [-0.25, -0.2) is 0 Å². The molecule has 0 amide bonds. The van der Waals surface area contributed by atoms with E-state index in [1.54, 1.807) is 0 Å². The smallest absolute Gasteiger partial charge is 0.0585 e. The minimum Gasteiger partial charge on any atom is -0.354 e. The average Bonchev–Trinajstić information content (AvgIpc) is 3.88. The fourth-order valence-electron chi connectivity index (χ4n) is 8.90. The third kappa shape index (κ3) is 4.06. The summed E-state index contributed by atoms with van der Waals surface area (Å²) in [5.74, 6) is 0. The molecule has 1 N–H and O–H groups in total. The summed E-state index contributed by atoms with van der Waals surface area (Å²) < 4.78 is 4.83. The van der Waals surface area contributed by atoms with Gasteiger partial charge in [-0.15, -0.1) is 0 Å². The fraction of sp³-hybridized carbons (Fsp3) is 0.0833. The molecule has 3 heterocycles. The number of benzene rings is 6. The lowest BCUT2D eigenvalue weighted by atomic mass is 9.81. The Bertz CT molecular complexity index is 2960. The first-order chi connectivity index (χ1) is 25.0. The van der Waals surface area contributed by atoms with Crippen molar-refractivity contribution in [1.29, 1.82) is 0 Å². The van der Waals surface area contributed by atoms with E-state index in [1.165, 1.54) is 88.2 Å². The summed E-state index contributed by atoms with van der Waals surface area (Å²) >= 11 is 0. The second kappa shape index (κ2) is 10.8. The molecule has 3 aromatic heterocycles. The SMILES string of the molecule is C=C/C=C\C(=C/C)n1c2ccccc2c2cc(-c3ccc4[nH]c5c(ccc6c5c5c(n6-c6ccccc6)-c6ccccc6C5(C)C)c4c3)ccc21. The number of aromatic nitrogens is 3. The summed E-state index contributed by atoms with van der Waals surface area (Å²) in [5.41, 5.74) is 16.0. The number of rotatable bonds is 5. The molecule has 3 heteroatoms. The minimum atomic E-state index is -0.149. The highest BCUT2D eigenvalue weighted by Crippen LogP contribution is 2.55. The second-order valence-corrected chi connectivity index (χ2v) is 14.2. The van der Waals surface area contributed by atoms with Crippen LogP contribution in [0.3, 0.4) is 0 Å². The Labute approximate surface area is 297 Å². The standard InChI is InChI=1S/C48H37N3/c1-5-7-15-32(6-2)50-41-21-14-12-18-34(41)38-29-31(23-26-42(38)50)30-22-25-40-37(28-30)35-24-27-43-44(46(35)49-40)45-47(51(43)33-16-9-8-10-17-33)36-19-11-13-20-39(36)48(45,3)4/h5-29,49H,1H2,2-4H3/b15-7-,32-6+. The number of allylic oxidation sites excluding steroid dienone is 5. The van der Waals surface area contributed by atoms with Gasteiger partial charge in [0.25, 0.3) is 0 Å². The highest BCUT2D eigenvalue weighted by Gasteiger charge is 2.41. The zero-order valence-corrected chi connectivity index (χ0v) is 29.0. The van der Waals surface area contributed by atoms with E-state index in [1.807, 2.05) is 12.2 Å². The van der Waals surface area contributed by atoms with Crippen molar-refractivity contribution in [2.75, 3.05) is 0 Å². The number of aromatic amines is 1. The van der Waals surface area contributed by atoms with Crippen LogP contribution in [0.4, 0.5) is 0 Å². The van der Waals surface area contributed by atoms with Crippen molar-refractivity contribution < 1.29 is 0 Å². The molecular weight excluding hydrogens is 619 g/mol. The van der Waals surface area contributed by atoms with Crippen LogP contribution in [-0.2, 0) is 5.41 Å². The molecule has 51 heavy (non-hydrogen) atoms. The third-order valence-electron chi connectivity index (χ3n) is 11.2. The van der Waals surface area contributed by atoms with Crippen LogP contribution in [0.15, 0.2) is 158 Å². The van der Waals surface area contributed by atoms with Gasteiger partial charge in [0.15, 0.2) is 0 Å². The van der Waals surface area contributed by atoms with E-state index in [4.69, 9.17) is 0 Å². The number of nitrogens with zero attached hydrogens (tertiary/aromatic N) is 2. The summed E-state index contributed by atoms with van der Waals surface area (Å²) in [6.07, 6.45) is 8.11. The van der Waals surface area contributed by atoms with Crippen LogP contribution in [0.5, 0.6) is 0 Å². The molecule has 1 aliphatic carbocycles. The second-order valence-electron chi connectivity index (χ2n) is 14.2. The lowest BCUT2D eigenvalue weighted by Gasteiger charge is -2.21. The molecule has 0 aliphatic heterocycles. The van der Waals surface area contributed by atoms with E-state index >= 15 is 0 Å². The molecular formula is C48H37N3. The molecule has 0 saturated heterocycles. The Hall–Kier alpha value is -6.32. The number of nitrogens with one attached hydrogen (secondary N) is 1. The molecule has 0 radical (unpaired) electrons. The van der Waals surface area contributed by atoms with E-state index in [-0.39, 0.29) is 5.41 Å². The van der Waals surface area contributed by atoms with Crippen molar-refractivity contribution in [2.45, 2.75) is 26.2 Å². The van der Waals surface area contributed by atoms with Crippen LogP contribution >= 0.6 is 0 Å². The van der Waals surface area contributed by atoms with Crippen LogP contribution in [0.2, 0.25) is 0 Å². The van der Waals surface area contributed by atoms with Crippen LogP contribution in [0.25, 0.3) is 88.3 Å². The fourth-order valence-corrected chi connectivity index (χ4v) is 8.90. The summed E-state index contributed by atoms with van der Waals surface area (Å²) in [6.45, 7) is 10.7. The Morgan fingerprint density at radius 1 is 0.686 bits per heavy atom. The van der Waals surface area contributed by atoms with E-state index in [0.717, 1.165) is 11.2 Å². The van der Waals surface area contributed by atoms with Crippen molar-refractivity contribution in [1.82, 2.24) is 14.1 Å². The first-order valence-electron chi connectivity index (χ1n) is 17.8. The topological polar surface area (TPSA) is 25.6 Å². The Kier molecular flexibility index (Phi) is 6.29. The number of H-pyrrole nitrogens is 1. The molecule has 244 valence electrons. The maximum Gasteiger partial charge on any atom is 0.0585 e. The summed E-state index contributed by atoms with van der Waals surface area (Å²) in [4.78, 5) is 3.92. The molecule has 0 fully saturated rings. The lowest BCUT2D eigenvalue weighted by molar-refractivity contribution is 0.666. The average molecular weight is 656 g/mol. The number of hydrogen-bond acceptors (Lipinski definition) is 0. The Morgan fingerprint density at radius 2 is 1.39 bits per heavy atom. The van der Waals surface area contributed by atoms with Crippen LogP contribution < -0.4 is 0 Å². The normalized spacial score (nSPS) is 14.1. The van der Waals surface area contributed by atoms with Crippen molar-refractivity contribution in [3.05, 3.63) is 169 Å². The van der Waals surface area contributed by atoms with Crippen LogP contribution in [0.1, 0.15) is 31.9 Å².